The summed E-state index contributed by atoms with van der Waals surface area (Å²) in [5.74, 6) is 4.08. The summed E-state index contributed by atoms with van der Waals surface area (Å²) in [6.45, 7) is 4.83. The summed E-state index contributed by atoms with van der Waals surface area (Å²) in [5.41, 5.74) is 0. The molecule has 1 N–H and O–H groups in total. The van der Waals surface area contributed by atoms with Crippen LogP contribution in [0.15, 0.2) is 4.99 Å². The van der Waals surface area contributed by atoms with Crippen LogP contribution in [-0.4, -0.2) is 56.3 Å². The highest BCUT2D eigenvalue weighted by Crippen LogP contribution is 2.42. The van der Waals surface area contributed by atoms with Gasteiger partial charge in [0.1, 0.15) is 5.82 Å². The summed E-state index contributed by atoms with van der Waals surface area (Å²) >= 11 is 2.19. The molecular formula is C16H28N6S. The van der Waals surface area contributed by atoms with Crippen molar-refractivity contribution >= 4 is 17.7 Å². The quantitative estimate of drug-likeness (QED) is 0.661. The average Bonchev–Trinajstić information content (AvgIpc) is 2.88. The van der Waals surface area contributed by atoms with E-state index in [1.54, 1.807) is 0 Å². The zero-order chi connectivity index (χ0) is 16.3. The molecule has 1 aromatic heterocycles. The Bertz CT molecular complexity index is 555. The predicted octanol–water partition coefficient (Wildman–Crippen LogP) is 1.95. The van der Waals surface area contributed by atoms with Gasteiger partial charge >= 0.3 is 0 Å². The van der Waals surface area contributed by atoms with E-state index >= 15 is 0 Å². The fraction of sp³-hybridized carbons (Fsp3) is 0.812. The summed E-state index contributed by atoms with van der Waals surface area (Å²) < 4.78 is 2.48. The molecule has 2 aliphatic rings. The van der Waals surface area contributed by atoms with Gasteiger partial charge in [-0.15, -0.1) is 10.2 Å². The minimum atomic E-state index is 0.454. The van der Waals surface area contributed by atoms with Crippen molar-refractivity contribution in [3.8, 4) is 0 Å². The van der Waals surface area contributed by atoms with Gasteiger partial charge in [-0.25, -0.2) is 0 Å². The third kappa shape index (κ3) is 3.65. The van der Waals surface area contributed by atoms with Gasteiger partial charge in [0.05, 0.1) is 6.54 Å². The normalized spacial score (nSPS) is 21.7. The van der Waals surface area contributed by atoms with E-state index in [1.807, 2.05) is 25.6 Å². The highest BCUT2D eigenvalue weighted by molar-refractivity contribution is 8.00. The highest BCUT2D eigenvalue weighted by Gasteiger charge is 2.38. The molecule has 0 atom stereocenters. The molecule has 0 amide bonds. The summed E-state index contributed by atoms with van der Waals surface area (Å²) in [4.78, 5) is 6.94. The lowest BCUT2D eigenvalue weighted by molar-refractivity contribution is 0.293. The number of aliphatic imine (C=N–C) groups is 1. The maximum Gasteiger partial charge on any atom is 0.194 e. The van der Waals surface area contributed by atoms with Crippen molar-refractivity contribution in [1.29, 1.82) is 0 Å². The second kappa shape index (κ2) is 7.11. The van der Waals surface area contributed by atoms with Crippen LogP contribution in [0.5, 0.6) is 0 Å². The van der Waals surface area contributed by atoms with Crippen molar-refractivity contribution in [2.45, 2.75) is 50.3 Å². The molecule has 1 spiro atoms. The van der Waals surface area contributed by atoms with E-state index in [2.05, 4.69) is 37.2 Å². The molecule has 1 aliphatic heterocycles. The third-order valence-electron chi connectivity index (χ3n) is 5.11. The van der Waals surface area contributed by atoms with E-state index in [1.165, 1.54) is 37.9 Å². The first kappa shape index (κ1) is 16.6. The number of rotatable bonds is 2. The Kier molecular flexibility index (Phi) is 5.14. The average molecular weight is 337 g/mol. The third-order valence-corrected chi connectivity index (χ3v) is 6.65. The van der Waals surface area contributed by atoms with Crippen LogP contribution in [-0.2, 0) is 13.6 Å². The van der Waals surface area contributed by atoms with Crippen LogP contribution in [0, 0.1) is 6.92 Å². The van der Waals surface area contributed by atoms with Gasteiger partial charge in [-0.1, -0.05) is 19.3 Å². The van der Waals surface area contributed by atoms with Gasteiger partial charge in [0.2, 0.25) is 0 Å². The lowest BCUT2D eigenvalue weighted by atomic mass is 9.87. The van der Waals surface area contributed by atoms with Crippen molar-refractivity contribution < 1.29 is 0 Å². The lowest BCUT2D eigenvalue weighted by Crippen LogP contribution is -2.53. The van der Waals surface area contributed by atoms with Gasteiger partial charge in [0, 0.05) is 37.7 Å². The molecule has 128 valence electrons. The lowest BCUT2D eigenvalue weighted by Gasteiger charge is -2.45. The number of aryl methyl sites for hydroxylation is 1. The zero-order valence-corrected chi connectivity index (χ0v) is 15.3. The molecule has 3 rings (SSSR count). The number of guanidine groups is 1. The van der Waals surface area contributed by atoms with Crippen molar-refractivity contribution in [1.82, 2.24) is 25.0 Å². The second-order valence-corrected chi connectivity index (χ2v) is 8.20. The van der Waals surface area contributed by atoms with Crippen molar-refractivity contribution in [3.05, 3.63) is 11.6 Å². The van der Waals surface area contributed by atoms with E-state index in [4.69, 9.17) is 0 Å². The molecule has 0 bridgehead atoms. The van der Waals surface area contributed by atoms with Crippen LogP contribution in [0.25, 0.3) is 0 Å². The number of nitrogens with one attached hydrogen (secondary N) is 1. The summed E-state index contributed by atoms with van der Waals surface area (Å²) in [7, 11) is 3.88. The number of aromatic nitrogens is 3. The molecule has 1 saturated heterocycles. The number of hydrogen-bond donors (Lipinski definition) is 1. The summed E-state index contributed by atoms with van der Waals surface area (Å²) in [6.07, 6.45) is 6.87. The molecule has 0 unspecified atom stereocenters. The molecule has 0 aromatic carbocycles. The minimum Gasteiger partial charge on any atom is -0.349 e. The first-order valence-corrected chi connectivity index (χ1v) is 9.56. The minimum absolute atomic E-state index is 0.454. The highest BCUT2D eigenvalue weighted by atomic mass is 32.2. The van der Waals surface area contributed by atoms with Gasteiger partial charge in [0.25, 0.3) is 0 Å². The molecule has 2 fully saturated rings. The van der Waals surface area contributed by atoms with Crippen LogP contribution >= 0.6 is 11.8 Å². The Labute approximate surface area is 143 Å². The monoisotopic (exact) mass is 336 g/mol. The fourth-order valence-corrected chi connectivity index (χ4v) is 5.19. The topological polar surface area (TPSA) is 58.3 Å². The first-order valence-electron chi connectivity index (χ1n) is 8.58. The fourth-order valence-electron chi connectivity index (χ4n) is 3.62. The number of thioether (sulfide) groups is 1. The molecule has 6 nitrogen and oxygen atoms in total. The van der Waals surface area contributed by atoms with Gasteiger partial charge in [-0.2, -0.15) is 11.8 Å². The Balaban J connectivity index is 1.62. The Morgan fingerprint density at radius 1 is 1.30 bits per heavy atom. The zero-order valence-electron chi connectivity index (χ0n) is 14.5. The maximum absolute atomic E-state index is 4.51. The van der Waals surface area contributed by atoms with Crippen LogP contribution in [0.3, 0.4) is 0 Å². The molecular weight excluding hydrogens is 308 g/mol. The molecule has 2 heterocycles. The van der Waals surface area contributed by atoms with Crippen molar-refractivity contribution in [3.63, 3.8) is 0 Å². The molecule has 1 aliphatic carbocycles. The molecule has 7 heteroatoms. The molecule has 1 aromatic rings. The first-order chi connectivity index (χ1) is 11.1. The molecule has 23 heavy (non-hydrogen) atoms. The van der Waals surface area contributed by atoms with Crippen LogP contribution in [0.4, 0.5) is 0 Å². The number of nitrogens with zero attached hydrogens (tertiary/aromatic N) is 5. The number of hydrogen-bond acceptors (Lipinski definition) is 4. The van der Waals surface area contributed by atoms with Crippen molar-refractivity contribution in [2.75, 3.05) is 25.9 Å². The maximum atomic E-state index is 4.51. The van der Waals surface area contributed by atoms with Gasteiger partial charge in [-0.3, -0.25) is 4.99 Å². The summed E-state index contributed by atoms with van der Waals surface area (Å²) in [6, 6.07) is 0. The predicted molar refractivity (Wildman–Crippen MR) is 95.8 cm³/mol. The molecule has 1 saturated carbocycles. The SMILES string of the molecule is CN=C(NCc1nnc(C)n1C)N1CCSC2(CCCCC2)C1. The van der Waals surface area contributed by atoms with E-state index < -0.39 is 0 Å². The van der Waals surface area contributed by atoms with Gasteiger partial charge in [-0.05, 0) is 19.8 Å². The van der Waals surface area contributed by atoms with Crippen LogP contribution < -0.4 is 5.32 Å². The van der Waals surface area contributed by atoms with Gasteiger partial charge < -0.3 is 14.8 Å². The van der Waals surface area contributed by atoms with E-state index in [9.17, 15) is 0 Å². The standard InChI is InChI=1S/C16H28N6S/c1-13-19-20-14(21(13)3)11-18-15(17-2)22-9-10-23-16(12-22)7-5-4-6-8-16/h4-12H2,1-3H3,(H,17,18). The van der Waals surface area contributed by atoms with Crippen LogP contribution in [0.2, 0.25) is 0 Å². The Morgan fingerprint density at radius 3 is 2.74 bits per heavy atom. The Morgan fingerprint density at radius 2 is 2.09 bits per heavy atom. The van der Waals surface area contributed by atoms with Gasteiger partial charge in [0.15, 0.2) is 11.8 Å². The molecule has 0 radical (unpaired) electrons. The van der Waals surface area contributed by atoms with Crippen LogP contribution in [0.1, 0.15) is 43.8 Å². The second-order valence-electron chi connectivity index (χ2n) is 6.64. The van der Waals surface area contributed by atoms with E-state index in [-0.39, 0.29) is 0 Å². The smallest absolute Gasteiger partial charge is 0.194 e. The van der Waals surface area contributed by atoms with E-state index in [0.717, 1.165) is 30.7 Å². The summed E-state index contributed by atoms with van der Waals surface area (Å²) in [5, 5.41) is 11.8. The largest absolute Gasteiger partial charge is 0.349 e. The van der Waals surface area contributed by atoms with Crippen molar-refractivity contribution in [2.24, 2.45) is 12.0 Å². The Hall–Kier alpha value is -1.24. The van der Waals surface area contributed by atoms with E-state index in [0.29, 0.717) is 11.3 Å².